The molecule has 7 heteroatoms. The van der Waals surface area contributed by atoms with E-state index in [0.29, 0.717) is 10.6 Å². The minimum absolute atomic E-state index is 0.388. The highest BCUT2D eigenvalue weighted by Crippen LogP contribution is 2.37. The van der Waals surface area contributed by atoms with E-state index >= 15 is 0 Å². The van der Waals surface area contributed by atoms with Crippen molar-refractivity contribution in [2.24, 2.45) is 5.73 Å². The maximum Gasteiger partial charge on any atom is 0.331 e. The lowest BCUT2D eigenvalue weighted by Gasteiger charge is -2.11. The summed E-state index contributed by atoms with van der Waals surface area (Å²) in [6.45, 7) is 1.55. The van der Waals surface area contributed by atoms with Crippen LogP contribution in [0.2, 0.25) is 0 Å². The van der Waals surface area contributed by atoms with E-state index in [9.17, 15) is 14.4 Å². The number of nitrogens with two attached hydrogens (primary N) is 1. The summed E-state index contributed by atoms with van der Waals surface area (Å²) in [6, 6.07) is 7.65. The Bertz CT molecular complexity index is 929. The largest absolute Gasteiger partial charge is 0.452 e. The maximum atomic E-state index is 12.2. The molecule has 3 N–H and O–H groups in total. The molecule has 1 aromatic carbocycles. The predicted molar refractivity (Wildman–Crippen MR) is 109 cm³/mol. The smallest absolute Gasteiger partial charge is 0.331 e. The fourth-order valence-electron chi connectivity index (χ4n) is 3.10. The molecule has 1 aliphatic carbocycles. The summed E-state index contributed by atoms with van der Waals surface area (Å²) in [5.74, 6) is -1.66. The van der Waals surface area contributed by atoms with Crippen molar-refractivity contribution in [3.63, 3.8) is 0 Å². The van der Waals surface area contributed by atoms with Gasteiger partial charge in [0.2, 0.25) is 0 Å². The Balaban J connectivity index is 1.57. The van der Waals surface area contributed by atoms with Crippen molar-refractivity contribution in [1.82, 2.24) is 0 Å². The first-order chi connectivity index (χ1) is 13.4. The average Bonchev–Trinajstić information content (AvgIpc) is 3.03. The van der Waals surface area contributed by atoms with E-state index in [1.807, 2.05) is 31.2 Å². The highest BCUT2D eigenvalue weighted by molar-refractivity contribution is 7.17. The summed E-state index contributed by atoms with van der Waals surface area (Å²) in [7, 11) is 0. The number of rotatable bonds is 6. The molecule has 2 aromatic rings. The van der Waals surface area contributed by atoms with Gasteiger partial charge in [-0.05, 0) is 49.8 Å². The lowest BCUT2D eigenvalue weighted by atomic mass is 9.95. The molecule has 0 radical (unpaired) electrons. The van der Waals surface area contributed by atoms with Crippen LogP contribution in [-0.4, -0.2) is 24.4 Å². The van der Waals surface area contributed by atoms with Crippen LogP contribution < -0.4 is 11.1 Å². The molecular formula is C21H22N2O4S. The highest BCUT2D eigenvalue weighted by Gasteiger charge is 2.25. The number of hydrogen-bond donors (Lipinski definition) is 2. The molecule has 0 bridgehead atoms. The van der Waals surface area contributed by atoms with Gasteiger partial charge in [-0.3, -0.25) is 9.59 Å². The molecule has 1 heterocycles. The molecule has 1 aliphatic rings. The molecule has 0 atom stereocenters. The van der Waals surface area contributed by atoms with Crippen LogP contribution in [0.1, 0.15) is 44.8 Å². The highest BCUT2D eigenvalue weighted by atomic mass is 32.1. The average molecular weight is 398 g/mol. The summed E-state index contributed by atoms with van der Waals surface area (Å²) in [6.07, 6.45) is 6.63. The normalized spacial score (nSPS) is 13.2. The van der Waals surface area contributed by atoms with Crippen LogP contribution in [0, 0.1) is 6.92 Å². The number of aryl methyl sites for hydroxylation is 2. The van der Waals surface area contributed by atoms with Crippen LogP contribution in [0.15, 0.2) is 30.3 Å². The summed E-state index contributed by atoms with van der Waals surface area (Å²) < 4.78 is 4.97. The van der Waals surface area contributed by atoms with Gasteiger partial charge in [0.15, 0.2) is 6.61 Å². The third-order valence-electron chi connectivity index (χ3n) is 4.51. The van der Waals surface area contributed by atoms with Crippen molar-refractivity contribution < 1.29 is 19.1 Å². The molecule has 0 aliphatic heterocycles. The Morgan fingerprint density at radius 3 is 2.61 bits per heavy atom. The lowest BCUT2D eigenvalue weighted by molar-refractivity contribution is -0.142. The topological polar surface area (TPSA) is 98.5 Å². The van der Waals surface area contributed by atoms with Gasteiger partial charge in [0.05, 0.1) is 5.56 Å². The number of ether oxygens (including phenoxy) is 1. The molecule has 3 rings (SSSR count). The second-order valence-electron chi connectivity index (χ2n) is 6.68. The number of nitrogens with one attached hydrogen (secondary N) is 1. The quantitative estimate of drug-likeness (QED) is 0.576. The van der Waals surface area contributed by atoms with Crippen LogP contribution in [0.4, 0.5) is 5.00 Å². The molecule has 0 saturated heterocycles. The van der Waals surface area contributed by atoms with Crippen LogP contribution >= 0.6 is 11.3 Å². The summed E-state index contributed by atoms with van der Waals surface area (Å²) in [5.41, 5.74) is 8.83. The number of fused-ring (bicyclic) bond motifs is 1. The van der Waals surface area contributed by atoms with Gasteiger partial charge in [-0.25, -0.2) is 4.79 Å². The third kappa shape index (κ3) is 4.86. The number of anilines is 1. The number of carbonyl (C=O) groups excluding carboxylic acids is 3. The zero-order chi connectivity index (χ0) is 20.1. The number of carbonyl (C=O) groups is 3. The maximum absolute atomic E-state index is 12.2. The van der Waals surface area contributed by atoms with Crippen LogP contribution in [0.3, 0.4) is 0 Å². The Morgan fingerprint density at radius 2 is 1.89 bits per heavy atom. The molecule has 28 heavy (non-hydrogen) atoms. The van der Waals surface area contributed by atoms with Gasteiger partial charge < -0.3 is 15.8 Å². The van der Waals surface area contributed by atoms with Crippen molar-refractivity contribution in [3.05, 3.63) is 57.5 Å². The Labute approximate surface area is 167 Å². The van der Waals surface area contributed by atoms with Crippen molar-refractivity contribution in [2.75, 3.05) is 11.9 Å². The molecule has 0 fully saturated rings. The monoisotopic (exact) mass is 398 g/mol. The Kier molecular flexibility index (Phi) is 6.26. The van der Waals surface area contributed by atoms with Crippen molar-refractivity contribution in [2.45, 2.75) is 32.6 Å². The van der Waals surface area contributed by atoms with Gasteiger partial charge in [-0.15, -0.1) is 11.3 Å². The van der Waals surface area contributed by atoms with E-state index in [0.717, 1.165) is 47.3 Å². The number of amides is 2. The third-order valence-corrected chi connectivity index (χ3v) is 5.71. The van der Waals surface area contributed by atoms with Gasteiger partial charge >= 0.3 is 5.97 Å². The minimum atomic E-state index is -0.615. The van der Waals surface area contributed by atoms with Gasteiger partial charge in [0.25, 0.3) is 11.8 Å². The summed E-state index contributed by atoms with van der Waals surface area (Å²) >= 11 is 1.37. The molecule has 6 nitrogen and oxygen atoms in total. The second kappa shape index (κ2) is 8.84. The number of thiophene rings is 1. The van der Waals surface area contributed by atoms with Gasteiger partial charge in [0.1, 0.15) is 5.00 Å². The SMILES string of the molecule is Cc1ccc(/C=C/C(=O)OCC(=O)Nc2sc3c(c2C(N)=O)CCCC3)cc1. The first-order valence-corrected chi connectivity index (χ1v) is 9.91. The van der Waals surface area contributed by atoms with E-state index in [-0.39, 0.29) is 0 Å². The molecular weight excluding hydrogens is 376 g/mol. The van der Waals surface area contributed by atoms with Crippen molar-refractivity contribution >= 4 is 40.2 Å². The summed E-state index contributed by atoms with van der Waals surface area (Å²) in [4.78, 5) is 36.9. The first-order valence-electron chi connectivity index (χ1n) is 9.09. The van der Waals surface area contributed by atoms with Crippen molar-refractivity contribution in [1.29, 1.82) is 0 Å². The molecule has 0 saturated carbocycles. The molecule has 0 unspecified atom stereocenters. The van der Waals surface area contributed by atoms with Crippen molar-refractivity contribution in [3.8, 4) is 0 Å². The van der Waals surface area contributed by atoms with Gasteiger partial charge in [0, 0.05) is 11.0 Å². The second-order valence-corrected chi connectivity index (χ2v) is 7.78. The number of primary amides is 1. The predicted octanol–water partition coefficient (Wildman–Crippen LogP) is 3.23. The van der Waals surface area contributed by atoms with Gasteiger partial charge in [-0.1, -0.05) is 29.8 Å². The minimum Gasteiger partial charge on any atom is -0.452 e. The van der Waals surface area contributed by atoms with Crippen LogP contribution in [0.25, 0.3) is 6.08 Å². The lowest BCUT2D eigenvalue weighted by Crippen LogP contribution is -2.22. The Morgan fingerprint density at radius 1 is 1.18 bits per heavy atom. The summed E-state index contributed by atoms with van der Waals surface area (Å²) in [5, 5.41) is 3.10. The van der Waals surface area contributed by atoms with E-state index in [4.69, 9.17) is 10.5 Å². The number of benzene rings is 1. The fraction of sp³-hybridized carbons (Fsp3) is 0.286. The van der Waals surface area contributed by atoms with E-state index in [2.05, 4.69) is 5.32 Å². The van der Waals surface area contributed by atoms with E-state index in [1.165, 1.54) is 17.4 Å². The number of hydrogen-bond acceptors (Lipinski definition) is 5. The van der Waals surface area contributed by atoms with Crippen LogP contribution in [-0.2, 0) is 27.2 Å². The van der Waals surface area contributed by atoms with E-state index < -0.39 is 24.4 Å². The zero-order valence-corrected chi connectivity index (χ0v) is 16.4. The molecule has 146 valence electrons. The zero-order valence-electron chi connectivity index (χ0n) is 15.6. The Hall–Kier alpha value is -2.93. The standard InChI is InChI=1S/C21H22N2O4S/c1-13-6-8-14(9-7-13)10-11-18(25)27-12-17(24)23-21-19(20(22)26)15-4-2-3-5-16(15)28-21/h6-11H,2-5,12H2,1H3,(H2,22,26)(H,23,24)/b11-10+. The molecule has 1 aromatic heterocycles. The van der Waals surface area contributed by atoms with E-state index in [1.54, 1.807) is 6.08 Å². The fourth-order valence-corrected chi connectivity index (χ4v) is 4.41. The first kappa shape index (κ1) is 19.8. The van der Waals surface area contributed by atoms with Gasteiger partial charge in [-0.2, -0.15) is 0 Å². The molecule has 2 amide bonds. The van der Waals surface area contributed by atoms with Crippen LogP contribution in [0.5, 0.6) is 0 Å². The molecule has 0 spiro atoms. The number of esters is 1.